The molecule has 6 nitrogen and oxygen atoms in total. The minimum atomic E-state index is -1.01. The van der Waals surface area contributed by atoms with Gasteiger partial charge in [-0.1, -0.05) is 31.9 Å². The van der Waals surface area contributed by atoms with E-state index in [2.05, 4.69) is 31.9 Å². The fourth-order valence-corrected chi connectivity index (χ4v) is 2.15. The quantitative estimate of drug-likeness (QED) is 0.339. The maximum Gasteiger partial charge on any atom is 0.337 e. The van der Waals surface area contributed by atoms with Crippen LogP contribution >= 0.6 is 31.9 Å². The first-order valence-electron chi connectivity index (χ1n) is 5.79. The molecule has 0 saturated carbocycles. The van der Waals surface area contributed by atoms with Gasteiger partial charge >= 0.3 is 11.9 Å². The zero-order valence-electron chi connectivity index (χ0n) is 11.8. The van der Waals surface area contributed by atoms with Crippen molar-refractivity contribution in [3.8, 4) is 0 Å². The molecule has 6 N–H and O–H groups in total. The van der Waals surface area contributed by atoms with Crippen molar-refractivity contribution in [2.45, 2.75) is 0 Å². The van der Waals surface area contributed by atoms with E-state index in [1.54, 1.807) is 24.3 Å². The number of nitrogens with two attached hydrogens (primary N) is 2. The van der Waals surface area contributed by atoms with Crippen molar-refractivity contribution >= 4 is 55.2 Å². The molecular formula is C14H12Br2CdN2O4. The van der Waals surface area contributed by atoms with Crippen LogP contribution in [0, 0.1) is 0 Å². The van der Waals surface area contributed by atoms with E-state index in [-0.39, 0.29) is 49.8 Å². The van der Waals surface area contributed by atoms with Gasteiger partial charge in [0.1, 0.15) is 0 Å². The third-order valence-electron chi connectivity index (χ3n) is 2.49. The number of carboxylic acid groups (broad SMARTS) is 2. The Morgan fingerprint density at radius 2 is 1.09 bits per heavy atom. The second kappa shape index (κ2) is 9.88. The van der Waals surface area contributed by atoms with Gasteiger partial charge in [-0.25, -0.2) is 9.59 Å². The molecule has 0 unspecified atom stereocenters. The minimum absolute atomic E-state index is 0. The smallest absolute Gasteiger partial charge is 0.337 e. The minimum Gasteiger partial charge on any atom is -0.478 e. The van der Waals surface area contributed by atoms with Gasteiger partial charge in [-0.2, -0.15) is 0 Å². The van der Waals surface area contributed by atoms with Gasteiger partial charge in [0.25, 0.3) is 0 Å². The topological polar surface area (TPSA) is 127 Å². The first-order valence-corrected chi connectivity index (χ1v) is 7.37. The van der Waals surface area contributed by atoms with E-state index in [1.165, 1.54) is 12.1 Å². The number of hydrogen-bond acceptors (Lipinski definition) is 4. The van der Waals surface area contributed by atoms with E-state index in [4.69, 9.17) is 21.7 Å². The maximum absolute atomic E-state index is 10.5. The molecule has 0 aliphatic heterocycles. The van der Waals surface area contributed by atoms with Crippen LogP contribution in [-0.2, 0) is 27.3 Å². The summed E-state index contributed by atoms with van der Waals surface area (Å²) in [4.78, 5) is 20.9. The molecule has 0 fully saturated rings. The van der Waals surface area contributed by atoms with Crippen molar-refractivity contribution < 1.29 is 47.1 Å². The predicted octanol–water partition coefficient (Wildman–Crippen LogP) is 3.46. The molecule has 0 spiro atoms. The molecule has 0 aliphatic rings. The van der Waals surface area contributed by atoms with Gasteiger partial charge in [-0.3, -0.25) is 0 Å². The summed E-state index contributed by atoms with van der Waals surface area (Å²) in [7, 11) is 0. The molecule has 0 aliphatic carbocycles. The molecule has 2 rings (SSSR count). The van der Waals surface area contributed by atoms with E-state index >= 15 is 0 Å². The van der Waals surface area contributed by atoms with Crippen molar-refractivity contribution in [3.63, 3.8) is 0 Å². The zero-order valence-corrected chi connectivity index (χ0v) is 19.0. The number of rotatable bonds is 2. The van der Waals surface area contributed by atoms with Crippen LogP contribution in [-0.4, -0.2) is 22.2 Å². The molecule has 0 bridgehead atoms. The van der Waals surface area contributed by atoms with Crippen LogP contribution in [0.4, 0.5) is 11.4 Å². The van der Waals surface area contributed by atoms with Crippen LogP contribution in [0.2, 0.25) is 0 Å². The number of hydrogen-bond donors (Lipinski definition) is 4. The predicted molar refractivity (Wildman–Crippen MR) is 91.0 cm³/mol. The first-order chi connectivity index (χ1) is 10.2. The van der Waals surface area contributed by atoms with Crippen molar-refractivity contribution in [3.05, 3.63) is 56.5 Å². The van der Waals surface area contributed by atoms with Gasteiger partial charge in [-0.15, -0.1) is 0 Å². The Hall–Kier alpha value is -1.14. The molecule has 2 aromatic rings. The Kier molecular flexibility index (Phi) is 9.39. The SMILES string of the molecule is Nc1ccc(Br)cc1C(=O)O.Nc1ccc(Br)cc1C(=O)O.[Cd]. The fourth-order valence-electron chi connectivity index (χ4n) is 1.43. The van der Waals surface area contributed by atoms with Crippen LogP contribution < -0.4 is 11.5 Å². The monoisotopic (exact) mass is 544 g/mol. The molecule has 0 radical (unpaired) electrons. The molecule has 9 heteroatoms. The Labute approximate surface area is 169 Å². The average Bonchev–Trinajstić information content (AvgIpc) is 2.44. The standard InChI is InChI=1S/2C7H6BrNO2.Cd/c2*8-4-1-2-6(9)5(3-4)7(10)11;/h2*1-3H,9H2,(H,10,11);. The van der Waals surface area contributed by atoms with E-state index in [9.17, 15) is 9.59 Å². The molecule has 0 atom stereocenters. The number of aromatic carboxylic acids is 2. The molecule has 2 aromatic carbocycles. The molecule has 0 aromatic heterocycles. The third-order valence-corrected chi connectivity index (χ3v) is 3.48. The largest absolute Gasteiger partial charge is 0.478 e. The number of nitrogen functional groups attached to an aromatic ring is 2. The van der Waals surface area contributed by atoms with Crippen LogP contribution in [0.5, 0.6) is 0 Å². The van der Waals surface area contributed by atoms with Gasteiger partial charge < -0.3 is 21.7 Å². The first kappa shape index (κ1) is 21.9. The van der Waals surface area contributed by atoms with Crippen molar-refractivity contribution in [2.75, 3.05) is 11.5 Å². The maximum atomic E-state index is 10.5. The molecular weight excluding hydrogens is 532 g/mol. The van der Waals surface area contributed by atoms with Gasteiger partial charge in [-0.05, 0) is 36.4 Å². The van der Waals surface area contributed by atoms with E-state index < -0.39 is 11.9 Å². The number of carboxylic acids is 2. The molecule has 23 heavy (non-hydrogen) atoms. The van der Waals surface area contributed by atoms with Crippen molar-refractivity contribution in [1.82, 2.24) is 0 Å². The number of anilines is 2. The second-order valence-electron chi connectivity index (χ2n) is 4.07. The van der Waals surface area contributed by atoms with Gasteiger partial charge in [0.15, 0.2) is 0 Å². The van der Waals surface area contributed by atoms with Crippen LogP contribution in [0.15, 0.2) is 45.3 Å². The summed E-state index contributed by atoms with van der Waals surface area (Å²) >= 11 is 6.29. The Morgan fingerprint density at radius 3 is 1.30 bits per heavy atom. The van der Waals surface area contributed by atoms with Crippen LogP contribution in [0.25, 0.3) is 0 Å². The number of halogens is 2. The summed E-state index contributed by atoms with van der Waals surface area (Å²) < 4.78 is 1.42. The summed E-state index contributed by atoms with van der Waals surface area (Å²) in [6.07, 6.45) is 0. The molecule has 0 saturated heterocycles. The molecule has 0 amide bonds. The second-order valence-corrected chi connectivity index (χ2v) is 5.90. The summed E-state index contributed by atoms with van der Waals surface area (Å²) in [6.45, 7) is 0. The Morgan fingerprint density at radius 1 is 0.783 bits per heavy atom. The Balaban J connectivity index is 0.000000403. The summed E-state index contributed by atoms with van der Waals surface area (Å²) in [5.74, 6) is -2.02. The fraction of sp³-hybridized carbons (Fsp3) is 0. The van der Waals surface area contributed by atoms with E-state index in [1.807, 2.05) is 0 Å². The van der Waals surface area contributed by atoms with Gasteiger partial charge in [0.05, 0.1) is 11.1 Å². The number of carbonyl (C=O) groups is 2. The van der Waals surface area contributed by atoms with Crippen molar-refractivity contribution in [2.24, 2.45) is 0 Å². The summed E-state index contributed by atoms with van der Waals surface area (Å²) in [5.41, 5.74) is 11.6. The third kappa shape index (κ3) is 6.87. The van der Waals surface area contributed by atoms with Gasteiger partial charge in [0, 0.05) is 47.6 Å². The Bertz CT molecular complexity index is 664. The van der Waals surface area contributed by atoms with Crippen molar-refractivity contribution in [1.29, 1.82) is 0 Å². The summed E-state index contributed by atoms with van der Waals surface area (Å²) in [6, 6.07) is 9.43. The van der Waals surface area contributed by atoms with E-state index in [0.29, 0.717) is 8.95 Å². The van der Waals surface area contributed by atoms with Crippen LogP contribution in [0.3, 0.4) is 0 Å². The average molecular weight is 544 g/mol. The summed E-state index contributed by atoms with van der Waals surface area (Å²) in [5, 5.41) is 17.2. The van der Waals surface area contributed by atoms with Gasteiger partial charge in [0.2, 0.25) is 0 Å². The zero-order chi connectivity index (χ0) is 16.9. The molecule has 118 valence electrons. The molecule has 0 heterocycles. The van der Waals surface area contributed by atoms with E-state index in [0.717, 1.165) is 0 Å². The normalized spacial score (nSPS) is 9.13. The number of benzene rings is 2. The van der Waals surface area contributed by atoms with Crippen LogP contribution in [0.1, 0.15) is 20.7 Å².